The van der Waals surface area contributed by atoms with Gasteiger partial charge in [0.25, 0.3) is 0 Å². The first-order valence-electron chi connectivity index (χ1n) is 16.9. The quantitative estimate of drug-likeness (QED) is 0.119. The number of ketones is 2. The summed E-state index contributed by atoms with van der Waals surface area (Å²) in [5, 5.41) is 0. The monoisotopic (exact) mass is 608 g/mol. The van der Waals surface area contributed by atoms with E-state index in [1.165, 1.54) is 28.1 Å². The second-order valence-corrected chi connectivity index (χ2v) is 12.2. The maximum absolute atomic E-state index is 14.2. The molecule has 4 aromatic rings. The van der Waals surface area contributed by atoms with Crippen LogP contribution in [-0.4, -0.2) is 37.7 Å². The van der Waals surface area contributed by atoms with Gasteiger partial charge in [0.05, 0.1) is 0 Å². The number of rotatable bonds is 12. The molecule has 0 amide bonds. The highest BCUT2D eigenvalue weighted by atomic mass is 16.1. The van der Waals surface area contributed by atoms with Crippen LogP contribution in [0.15, 0.2) is 97.1 Å². The molecule has 0 spiro atoms. The molecule has 234 valence electrons. The first kappa shape index (κ1) is 31.3. The van der Waals surface area contributed by atoms with Crippen molar-refractivity contribution in [2.75, 3.05) is 36.0 Å². The summed E-state index contributed by atoms with van der Waals surface area (Å²) in [6.07, 6.45) is 9.06. The van der Waals surface area contributed by atoms with Crippen LogP contribution in [0.3, 0.4) is 0 Å². The topological polar surface area (TPSA) is 40.6 Å². The van der Waals surface area contributed by atoms with Crippen molar-refractivity contribution in [1.29, 1.82) is 0 Å². The van der Waals surface area contributed by atoms with Gasteiger partial charge in [-0.15, -0.1) is 0 Å². The molecule has 0 aliphatic heterocycles. The molecule has 4 nitrogen and oxygen atoms in total. The van der Waals surface area contributed by atoms with Gasteiger partial charge in [0.1, 0.15) is 0 Å². The van der Waals surface area contributed by atoms with Crippen molar-refractivity contribution in [1.82, 2.24) is 0 Å². The molecule has 0 aromatic heterocycles. The second-order valence-electron chi connectivity index (χ2n) is 12.2. The molecule has 0 radical (unpaired) electrons. The molecule has 3 aliphatic rings. The average Bonchev–Trinajstić information content (AvgIpc) is 3.11. The van der Waals surface area contributed by atoms with E-state index in [1.807, 2.05) is 30.4 Å². The van der Waals surface area contributed by atoms with Gasteiger partial charge < -0.3 is 9.80 Å². The molecular formula is C42H44N2O2. The van der Waals surface area contributed by atoms with Crippen molar-refractivity contribution in [2.24, 2.45) is 0 Å². The zero-order valence-corrected chi connectivity index (χ0v) is 27.5. The Morgan fingerprint density at radius 1 is 0.587 bits per heavy atom. The predicted octanol–water partition coefficient (Wildman–Crippen LogP) is 9.54. The standard InChI is InChI=1S/C42H44N2O2/c1-5-43(6-2)31-19-13-29(14-20-31)17-27-39(45)38-26-25-37-35-23-24-36(34-12-10-9-11-33(34)35)41(37)42(38)40(46)28-18-30-15-21-32(22-16-30)44(7-3)8-4/h9-22,25-28,35-36H,5-8,23-24H2,1-4H3/b27-17+,28-18+. The lowest BCUT2D eigenvalue weighted by molar-refractivity contribution is 0.101. The largest absolute Gasteiger partial charge is 0.372 e. The van der Waals surface area contributed by atoms with Gasteiger partial charge in [0.15, 0.2) is 11.6 Å². The fourth-order valence-corrected chi connectivity index (χ4v) is 7.49. The Kier molecular flexibility index (Phi) is 9.35. The van der Waals surface area contributed by atoms with Crippen molar-refractivity contribution >= 4 is 35.1 Å². The van der Waals surface area contributed by atoms with Crippen molar-refractivity contribution in [2.45, 2.75) is 52.4 Å². The lowest BCUT2D eigenvalue weighted by Gasteiger charge is -2.41. The van der Waals surface area contributed by atoms with Gasteiger partial charge in [-0.25, -0.2) is 0 Å². The number of fused-ring (bicyclic) bond motifs is 1. The maximum Gasteiger partial charge on any atom is 0.186 e. The van der Waals surface area contributed by atoms with Gasteiger partial charge in [-0.05, 0) is 116 Å². The maximum atomic E-state index is 14.2. The van der Waals surface area contributed by atoms with Crippen LogP contribution in [0.1, 0.15) is 106 Å². The first-order valence-corrected chi connectivity index (χ1v) is 16.9. The van der Waals surface area contributed by atoms with E-state index < -0.39 is 0 Å². The minimum Gasteiger partial charge on any atom is -0.372 e. The van der Waals surface area contributed by atoms with E-state index in [2.05, 4.69) is 104 Å². The highest BCUT2D eigenvalue weighted by Gasteiger charge is 2.40. The third kappa shape index (κ3) is 5.97. The minimum atomic E-state index is -0.148. The van der Waals surface area contributed by atoms with E-state index in [1.54, 1.807) is 12.2 Å². The fourth-order valence-electron chi connectivity index (χ4n) is 7.49. The van der Waals surface area contributed by atoms with E-state index in [-0.39, 0.29) is 23.4 Å². The Morgan fingerprint density at radius 3 is 1.59 bits per heavy atom. The molecule has 46 heavy (non-hydrogen) atoms. The highest BCUT2D eigenvalue weighted by Crippen LogP contribution is 2.54. The number of anilines is 2. The van der Waals surface area contributed by atoms with Gasteiger partial charge in [0, 0.05) is 60.5 Å². The van der Waals surface area contributed by atoms with E-state index in [0.717, 1.165) is 55.7 Å². The van der Waals surface area contributed by atoms with E-state index >= 15 is 0 Å². The average molecular weight is 609 g/mol. The molecule has 2 atom stereocenters. The van der Waals surface area contributed by atoms with Crippen LogP contribution in [-0.2, 0) is 0 Å². The van der Waals surface area contributed by atoms with Crippen LogP contribution >= 0.6 is 0 Å². The summed E-state index contributed by atoms with van der Waals surface area (Å²) in [7, 11) is 0. The summed E-state index contributed by atoms with van der Waals surface area (Å²) in [5.41, 5.74) is 10.2. The number of carbonyl (C=O) groups is 2. The van der Waals surface area contributed by atoms with Gasteiger partial charge in [-0.3, -0.25) is 9.59 Å². The SMILES string of the molecule is CCN(CC)c1ccc(/C=C/C(=O)c2ccc3c(c2C(=O)/C=C/c2ccc(N(CC)CC)cc2)C2CCC3c3ccccc32)cc1. The number of hydrogen-bond donors (Lipinski definition) is 0. The summed E-state index contributed by atoms with van der Waals surface area (Å²) >= 11 is 0. The molecule has 2 unspecified atom stereocenters. The highest BCUT2D eigenvalue weighted by molar-refractivity contribution is 6.18. The predicted molar refractivity (Wildman–Crippen MR) is 193 cm³/mol. The lowest BCUT2D eigenvalue weighted by atomic mass is 9.62. The minimum absolute atomic E-state index is 0.112. The second kappa shape index (κ2) is 13.7. The van der Waals surface area contributed by atoms with Crippen LogP contribution in [0.2, 0.25) is 0 Å². The molecule has 0 N–H and O–H groups in total. The normalized spacial score (nSPS) is 16.4. The number of benzene rings is 4. The molecule has 2 bridgehead atoms. The van der Waals surface area contributed by atoms with E-state index in [9.17, 15) is 9.59 Å². The number of carbonyl (C=O) groups excluding carboxylic acids is 2. The fraction of sp³-hybridized carbons (Fsp3) is 0.286. The lowest BCUT2D eigenvalue weighted by Crippen LogP contribution is -2.28. The van der Waals surface area contributed by atoms with Crippen molar-refractivity contribution in [3.05, 3.63) is 142 Å². The first-order chi connectivity index (χ1) is 22.5. The third-order valence-corrected chi connectivity index (χ3v) is 9.90. The Balaban J connectivity index is 1.35. The van der Waals surface area contributed by atoms with Crippen LogP contribution in [0, 0.1) is 0 Å². The zero-order valence-electron chi connectivity index (χ0n) is 27.5. The number of hydrogen-bond acceptors (Lipinski definition) is 4. The zero-order chi connectivity index (χ0) is 32.2. The molecule has 0 saturated heterocycles. The Bertz CT molecular complexity index is 1770. The molecule has 3 aliphatic carbocycles. The van der Waals surface area contributed by atoms with Gasteiger partial charge in [-0.2, -0.15) is 0 Å². The Labute approximate surface area is 274 Å². The molecule has 4 heteroatoms. The van der Waals surface area contributed by atoms with Gasteiger partial charge >= 0.3 is 0 Å². The molecule has 4 aromatic carbocycles. The van der Waals surface area contributed by atoms with E-state index in [4.69, 9.17) is 0 Å². The molecule has 0 fully saturated rings. The molecule has 0 heterocycles. The van der Waals surface area contributed by atoms with Crippen LogP contribution in [0.5, 0.6) is 0 Å². The molecule has 0 saturated carbocycles. The number of allylic oxidation sites excluding steroid dienone is 2. The van der Waals surface area contributed by atoms with Crippen molar-refractivity contribution in [3.8, 4) is 0 Å². The Hall–Kier alpha value is -4.70. The molecule has 7 rings (SSSR count). The Morgan fingerprint density at radius 2 is 1.07 bits per heavy atom. The summed E-state index contributed by atoms with van der Waals surface area (Å²) in [5.74, 6) is 0.102. The van der Waals surface area contributed by atoms with Crippen molar-refractivity contribution < 1.29 is 9.59 Å². The third-order valence-electron chi connectivity index (χ3n) is 9.90. The van der Waals surface area contributed by atoms with Crippen LogP contribution in [0.25, 0.3) is 12.2 Å². The van der Waals surface area contributed by atoms with Crippen LogP contribution in [0.4, 0.5) is 11.4 Å². The summed E-state index contributed by atoms with van der Waals surface area (Å²) in [6.45, 7) is 12.4. The smallest absolute Gasteiger partial charge is 0.186 e. The number of nitrogens with zero attached hydrogens (tertiary/aromatic N) is 2. The summed E-state index contributed by atoms with van der Waals surface area (Å²) in [4.78, 5) is 32.7. The summed E-state index contributed by atoms with van der Waals surface area (Å²) < 4.78 is 0. The van der Waals surface area contributed by atoms with Crippen molar-refractivity contribution in [3.63, 3.8) is 0 Å². The van der Waals surface area contributed by atoms with Crippen LogP contribution < -0.4 is 9.80 Å². The summed E-state index contributed by atoms with van der Waals surface area (Å²) in [6, 6.07) is 29.2. The molecular weight excluding hydrogens is 564 g/mol. The van der Waals surface area contributed by atoms with Gasteiger partial charge in [0.2, 0.25) is 0 Å². The van der Waals surface area contributed by atoms with Gasteiger partial charge in [-0.1, -0.05) is 66.7 Å². The van der Waals surface area contributed by atoms with E-state index in [0.29, 0.717) is 11.1 Å².